The molecule has 0 unspecified atom stereocenters. The van der Waals surface area contributed by atoms with Crippen LogP contribution in [0.1, 0.15) is 28.4 Å². The van der Waals surface area contributed by atoms with Gasteiger partial charge in [0.15, 0.2) is 11.5 Å². The summed E-state index contributed by atoms with van der Waals surface area (Å²) in [5.74, 6) is -0.168. The highest BCUT2D eigenvalue weighted by atomic mass is 32.2. The maximum atomic E-state index is 13.7. The SMILES string of the molecule is COc1ccc(N(CC(=O)N/N=C(/C)c2ccc(NC(=O)c3ccccc3)cc2)S(=O)(=O)c2ccc(C)cc2)cc1OC. The molecule has 0 spiro atoms. The molecule has 2 N–H and O–H groups in total. The molecule has 0 aliphatic heterocycles. The Hall–Kier alpha value is -5.16. The Morgan fingerprint density at radius 1 is 0.814 bits per heavy atom. The van der Waals surface area contributed by atoms with Crippen LogP contribution >= 0.6 is 0 Å². The van der Waals surface area contributed by atoms with Gasteiger partial charge in [-0.15, -0.1) is 0 Å². The minimum absolute atomic E-state index is 0.0276. The summed E-state index contributed by atoms with van der Waals surface area (Å²) >= 11 is 0. The summed E-state index contributed by atoms with van der Waals surface area (Å²) in [5, 5.41) is 7.00. The van der Waals surface area contributed by atoms with Gasteiger partial charge in [0.1, 0.15) is 6.54 Å². The second-order valence-corrected chi connectivity index (χ2v) is 11.4. The average Bonchev–Trinajstić information content (AvgIpc) is 3.03. The van der Waals surface area contributed by atoms with Crippen LogP contribution in [0.15, 0.2) is 107 Å². The molecule has 11 heteroatoms. The van der Waals surface area contributed by atoms with Gasteiger partial charge in [0.25, 0.3) is 21.8 Å². The van der Waals surface area contributed by atoms with Crippen LogP contribution in [0, 0.1) is 6.92 Å². The van der Waals surface area contributed by atoms with Gasteiger partial charge in [-0.3, -0.25) is 13.9 Å². The van der Waals surface area contributed by atoms with Gasteiger partial charge < -0.3 is 14.8 Å². The third-order valence-corrected chi connectivity index (χ3v) is 8.28. The lowest BCUT2D eigenvalue weighted by molar-refractivity contribution is -0.119. The van der Waals surface area contributed by atoms with Crippen LogP contribution in [0.4, 0.5) is 11.4 Å². The summed E-state index contributed by atoms with van der Waals surface area (Å²) in [6, 6.07) is 26.8. The van der Waals surface area contributed by atoms with E-state index in [0.29, 0.717) is 34.0 Å². The van der Waals surface area contributed by atoms with Crippen LogP contribution in [0.5, 0.6) is 11.5 Å². The highest BCUT2D eigenvalue weighted by Gasteiger charge is 2.28. The Bertz CT molecular complexity index is 1720. The molecule has 0 aromatic heterocycles. The van der Waals surface area contributed by atoms with E-state index in [4.69, 9.17) is 9.47 Å². The molecule has 0 atom stereocenters. The summed E-state index contributed by atoms with van der Waals surface area (Å²) < 4.78 is 39.0. The van der Waals surface area contributed by atoms with Gasteiger partial charge in [-0.25, -0.2) is 13.8 Å². The number of anilines is 2. The number of ether oxygens (including phenoxy) is 2. The van der Waals surface area contributed by atoms with Crippen molar-refractivity contribution in [1.82, 2.24) is 5.43 Å². The average molecular weight is 601 g/mol. The second-order valence-electron chi connectivity index (χ2n) is 9.49. The summed E-state index contributed by atoms with van der Waals surface area (Å²) in [4.78, 5) is 25.5. The molecule has 4 aromatic rings. The lowest BCUT2D eigenvalue weighted by atomic mass is 10.1. The number of carbonyl (C=O) groups excluding carboxylic acids is 2. The number of sulfonamides is 1. The van der Waals surface area contributed by atoms with Crippen LogP contribution < -0.4 is 24.5 Å². The lowest BCUT2D eigenvalue weighted by Crippen LogP contribution is -2.39. The molecule has 10 nitrogen and oxygen atoms in total. The number of aryl methyl sites for hydroxylation is 1. The second kappa shape index (κ2) is 13.7. The molecule has 4 aromatic carbocycles. The smallest absolute Gasteiger partial charge is 0.264 e. The van der Waals surface area contributed by atoms with Crippen LogP contribution in [-0.2, 0) is 14.8 Å². The number of amides is 2. The fourth-order valence-corrected chi connectivity index (χ4v) is 5.51. The van der Waals surface area contributed by atoms with E-state index in [2.05, 4.69) is 15.8 Å². The van der Waals surface area contributed by atoms with E-state index in [1.54, 1.807) is 73.7 Å². The number of nitrogens with zero attached hydrogens (tertiary/aromatic N) is 2. The van der Waals surface area contributed by atoms with Gasteiger partial charge in [0.05, 0.1) is 30.5 Å². The Kier molecular flexibility index (Phi) is 9.79. The number of rotatable bonds is 11. The Morgan fingerprint density at radius 3 is 2.09 bits per heavy atom. The van der Waals surface area contributed by atoms with Crippen molar-refractivity contribution in [3.63, 3.8) is 0 Å². The van der Waals surface area contributed by atoms with E-state index in [1.165, 1.54) is 38.5 Å². The molecule has 0 saturated carbocycles. The summed E-state index contributed by atoms with van der Waals surface area (Å²) in [6.07, 6.45) is 0. The first kappa shape index (κ1) is 30.8. The Balaban J connectivity index is 1.51. The number of hydrogen-bond acceptors (Lipinski definition) is 7. The van der Waals surface area contributed by atoms with Gasteiger partial charge in [-0.05, 0) is 67.9 Å². The summed E-state index contributed by atoms with van der Waals surface area (Å²) in [5.41, 5.74) is 5.87. The Morgan fingerprint density at radius 2 is 1.47 bits per heavy atom. The molecular weight excluding hydrogens is 568 g/mol. The molecule has 2 amide bonds. The third-order valence-electron chi connectivity index (χ3n) is 6.50. The molecule has 0 aliphatic carbocycles. The highest BCUT2D eigenvalue weighted by Crippen LogP contribution is 2.33. The van der Waals surface area contributed by atoms with Crippen molar-refractivity contribution in [2.75, 3.05) is 30.4 Å². The van der Waals surface area contributed by atoms with Crippen molar-refractivity contribution < 1.29 is 27.5 Å². The van der Waals surface area contributed by atoms with E-state index in [-0.39, 0.29) is 16.5 Å². The molecule has 0 radical (unpaired) electrons. The number of hydrazone groups is 1. The number of methoxy groups -OCH3 is 2. The molecule has 0 aliphatic rings. The van der Waals surface area contributed by atoms with Gasteiger partial charge in [-0.1, -0.05) is 48.0 Å². The van der Waals surface area contributed by atoms with Crippen molar-refractivity contribution in [2.24, 2.45) is 5.10 Å². The largest absolute Gasteiger partial charge is 0.493 e. The number of benzene rings is 4. The van der Waals surface area contributed by atoms with Crippen molar-refractivity contribution in [2.45, 2.75) is 18.7 Å². The van der Waals surface area contributed by atoms with E-state index in [9.17, 15) is 18.0 Å². The van der Waals surface area contributed by atoms with Crippen LogP contribution in [0.25, 0.3) is 0 Å². The molecular formula is C32H32N4O6S. The minimum atomic E-state index is -4.14. The number of nitrogens with one attached hydrogen (secondary N) is 2. The molecule has 222 valence electrons. The predicted molar refractivity (Wildman–Crippen MR) is 166 cm³/mol. The van der Waals surface area contributed by atoms with Crippen molar-refractivity contribution in [3.8, 4) is 11.5 Å². The predicted octanol–water partition coefficient (Wildman–Crippen LogP) is 5.00. The van der Waals surface area contributed by atoms with E-state index in [1.807, 2.05) is 13.0 Å². The fraction of sp³-hybridized carbons (Fsp3) is 0.156. The quantitative estimate of drug-likeness (QED) is 0.184. The highest BCUT2D eigenvalue weighted by molar-refractivity contribution is 7.92. The van der Waals surface area contributed by atoms with Gasteiger partial charge in [-0.2, -0.15) is 5.10 Å². The molecule has 4 rings (SSSR count). The lowest BCUT2D eigenvalue weighted by Gasteiger charge is -2.24. The number of carbonyl (C=O) groups is 2. The topological polar surface area (TPSA) is 126 Å². The van der Waals surface area contributed by atoms with Crippen molar-refractivity contribution in [3.05, 3.63) is 114 Å². The summed E-state index contributed by atoms with van der Waals surface area (Å²) in [7, 11) is -1.23. The fourth-order valence-electron chi connectivity index (χ4n) is 4.10. The van der Waals surface area contributed by atoms with Crippen LogP contribution in [0.3, 0.4) is 0 Å². The monoisotopic (exact) mass is 600 g/mol. The van der Waals surface area contributed by atoms with Crippen molar-refractivity contribution >= 4 is 38.9 Å². The molecule has 0 fully saturated rings. The standard InChI is InChI=1S/C32H32N4O6S/c1-22-10-17-28(18-11-22)43(39,40)36(27-16-19-29(41-3)30(20-27)42-4)21-31(37)35-34-23(2)24-12-14-26(15-13-24)33-32(38)25-8-6-5-7-9-25/h5-20H,21H2,1-4H3,(H,33,38)(H,35,37)/b34-23-. The summed E-state index contributed by atoms with van der Waals surface area (Å²) in [6.45, 7) is 3.00. The van der Waals surface area contributed by atoms with E-state index in [0.717, 1.165) is 9.87 Å². The molecule has 0 bridgehead atoms. The maximum absolute atomic E-state index is 13.7. The van der Waals surface area contributed by atoms with Gasteiger partial charge in [0.2, 0.25) is 0 Å². The van der Waals surface area contributed by atoms with Crippen LogP contribution in [0.2, 0.25) is 0 Å². The minimum Gasteiger partial charge on any atom is -0.493 e. The molecule has 0 heterocycles. The van der Waals surface area contributed by atoms with Crippen molar-refractivity contribution in [1.29, 1.82) is 0 Å². The van der Waals surface area contributed by atoms with Gasteiger partial charge >= 0.3 is 0 Å². The normalized spacial score (nSPS) is 11.4. The molecule has 43 heavy (non-hydrogen) atoms. The zero-order chi connectivity index (χ0) is 31.0. The van der Waals surface area contributed by atoms with E-state index < -0.39 is 22.5 Å². The first-order valence-electron chi connectivity index (χ1n) is 13.2. The van der Waals surface area contributed by atoms with Gasteiger partial charge in [0, 0.05) is 17.3 Å². The van der Waals surface area contributed by atoms with Crippen LogP contribution in [-0.4, -0.2) is 46.7 Å². The first-order chi connectivity index (χ1) is 20.6. The third kappa shape index (κ3) is 7.57. The maximum Gasteiger partial charge on any atom is 0.264 e. The number of hydrogen-bond donors (Lipinski definition) is 2. The zero-order valence-electron chi connectivity index (χ0n) is 24.2. The first-order valence-corrected chi connectivity index (χ1v) is 14.7. The van der Waals surface area contributed by atoms with E-state index >= 15 is 0 Å². The Labute approximate surface area is 251 Å². The zero-order valence-corrected chi connectivity index (χ0v) is 25.0. The molecule has 0 saturated heterocycles.